The summed E-state index contributed by atoms with van der Waals surface area (Å²) in [6, 6.07) is 2.83. The Morgan fingerprint density at radius 3 is 2.39 bits per heavy atom. The summed E-state index contributed by atoms with van der Waals surface area (Å²) in [6.45, 7) is -0.430. The van der Waals surface area contributed by atoms with Gasteiger partial charge in [-0.1, -0.05) is 11.6 Å². The molecule has 0 heterocycles. The number of halogens is 3. The molecule has 0 amide bonds. The molecule has 0 fully saturated rings. The van der Waals surface area contributed by atoms with Crippen LogP contribution >= 0.6 is 22.3 Å². The Bertz CT molecular complexity index is 645. The zero-order valence-electron chi connectivity index (χ0n) is 8.73. The largest absolute Gasteiger partial charge is 0.242 e. The summed E-state index contributed by atoms with van der Waals surface area (Å²) in [5, 5.41) is -0.169. The first kappa shape index (κ1) is 15.6. The summed E-state index contributed by atoms with van der Waals surface area (Å²) in [4.78, 5) is -0.462. The first-order valence-corrected chi connectivity index (χ1v) is 8.83. The Kier molecular flexibility index (Phi) is 4.96. The maximum atomic E-state index is 12.9. The van der Waals surface area contributed by atoms with Gasteiger partial charge in [0, 0.05) is 17.2 Å². The number of hydrogen-bond acceptors (Lipinski definition) is 4. The van der Waals surface area contributed by atoms with Crippen LogP contribution in [0.5, 0.6) is 0 Å². The van der Waals surface area contributed by atoms with Gasteiger partial charge in [-0.05, 0) is 18.2 Å². The summed E-state index contributed by atoms with van der Waals surface area (Å²) < 4.78 is 59.5. The topological polar surface area (TPSA) is 80.3 Å². The molecule has 0 bridgehead atoms. The van der Waals surface area contributed by atoms with Crippen LogP contribution in [0.3, 0.4) is 0 Å². The van der Waals surface area contributed by atoms with E-state index in [0.717, 1.165) is 18.2 Å². The minimum atomic E-state index is -4.08. The highest BCUT2D eigenvalue weighted by molar-refractivity contribution is 8.13. The number of rotatable bonds is 5. The first-order valence-electron chi connectivity index (χ1n) is 4.49. The fraction of sp³-hybridized carbons (Fsp3) is 0.250. The second kappa shape index (κ2) is 5.70. The van der Waals surface area contributed by atoms with Crippen LogP contribution in [0.4, 0.5) is 4.39 Å². The standard InChI is InChI=1S/C8H8Cl2FNO4S2/c9-7-2-1-6(11)5-8(7)18(15,16)12-3-4-17(10,13)14/h1-2,5,12H,3-4H2. The molecule has 0 aliphatic carbocycles. The van der Waals surface area contributed by atoms with Crippen molar-refractivity contribution in [1.82, 2.24) is 4.72 Å². The van der Waals surface area contributed by atoms with Gasteiger partial charge >= 0.3 is 0 Å². The molecule has 0 spiro atoms. The summed E-state index contributed by atoms with van der Waals surface area (Å²) in [7, 11) is -2.97. The third kappa shape index (κ3) is 4.69. The van der Waals surface area contributed by atoms with Crippen LogP contribution in [-0.2, 0) is 19.1 Å². The number of hydrogen-bond donors (Lipinski definition) is 1. The summed E-state index contributed by atoms with van der Waals surface area (Å²) in [5.41, 5.74) is 0. The maximum absolute atomic E-state index is 12.9. The predicted molar refractivity (Wildman–Crippen MR) is 66.2 cm³/mol. The molecule has 0 aliphatic heterocycles. The van der Waals surface area contributed by atoms with Crippen LogP contribution in [0.1, 0.15) is 0 Å². The molecule has 1 N–H and O–H groups in total. The quantitative estimate of drug-likeness (QED) is 0.823. The Morgan fingerprint density at radius 1 is 1.22 bits per heavy atom. The van der Waals surface area contributed by atoms with Crippen molar-refractivity contribution in [3.8, 4) is 0 Å². The first-order chi connectivity index (χ1) is 8.12. The molecule has 0 saturated carbocycles. The van der Waals surface area contributed by atoms with Crippen molar-refractivity contribution < 1.29 is 21.2 Å². The molecule has 0 atom stereocenters. The lowest BCUT2D eigenvalue weighted by Gasteiger charge is -2.07. The second-order valence-corrected chi connectivity index (χ2v) is 8.25. The summed E-state index contributed by atoms with van der Waals surface area (Å²) in [6.07, 6.45) is 0. The van der Waals surface area contributed by atoms with Gasteiger partial charge in [-0.3, -0.25) is 0 Å². The molecule has 18 heavy (non-hydrogen) atoms. The average molecular weight is 336 g/mol. The molecule has 0 radical (unpaired) electrons. The van der Waals surface area contributed by atoms with E-state index >= 15 is 0 Å². The van der Waals surface area contributed by atoms with Crippen LogP contribution < -0.4 is 4.72 Å². The Balaban J connectivity index is 2.90. The molecule has 1 aromatic carbocycles. The lowest BCUT2D eigenvalue weighted by atomic mass is 10.3. The Labute approximate surface area is 113 Å². The predicted octanol–water partition coefficient (Wildman–Crippen LogP) is 1.33. The van der Waals surface area contributed by atoms with Gasteiger partial charge in [-0.2, -0.15) is 0 Å². The number of nitrogens with one attached hydrogen (secondary N) is 1. The van der Waals surface area contributed by atoms with E-state index in [4.69, 9.17) is 22.3 Å². The third-order valence-corrected chi connectivity index (χ3v) is 4.92. The minimum Gasteiger partial charge on any atom is -0.212 e. The van der Waals surface area contributed by atoms with E-state index in [-0.39, 0.29) is 5.02 Å². The summed E-state index contributed by atoms with van der Waals surface area (Å²) in [5.74, 6) is -1.36. The van der Waals surface area contributed by atoms with Gasteiger partial charge < -0.3 is 0 Å². The Hall–Kier alpha value is -0.410. The van der Waals surface area contributed by atoms with Crippen molar-refractivity contribution in [3.63, 3.8) is 0 Å². The monoisotopic (exact) mass is 335 g/mol. The molecular weight excluding hydrogens is 328 g/mol. The van der Waals surface area contributed by atoms with Gasteiger partial charge in [-0.15, -0.1) is 0 Å². The van der Waals surface area contributed by atoms with Gasteiger partial charge in [-0.25, -0.2) is 25.9 Å². The van der Waals surface area contributed by atoms with Crippen molar-refractivity contribution >= 4 is 41.4 Å². The van der Waals surface area contributed by atoms with Crippen LogP contribution in [0.2, 0.25) is 5.02 Å². The van der Waals surface area contributed by atoms with Crippen LogP contribution in [0.25, 0.3) is 0 Å². The zero-order valence-corrected chi connectivity index (χ0v) is 11.9. The van der Waals surface area contributed by atoms with E-state index in [2.05, 4.69) is 0 Å². The van der Waals surface area contributed by atoms with Gasteiger partial charge in [0.25, 0.3) is 0 Å². The smallest absolute Gasteiger partial charge is 0.212 e. The molecule has 0 unspecified atom stereocenters. The molecule has 0 saturated heterocycles. The molecule has 10 heteroatoms. The molecule has 102 valence electrons. The molecular formula is C8H8Cl2FNO4S2. The third-order valence-electron chi connectivity index (χ3n) is 1.82. The van der Waals surface area contributed by atoms with E-state index in [1.54, 1.807) is 0 Å². The van der Waals surface area contributed by atoms with Crippen LogP contribution in [0, 0.1) is 5.82 Å². The second-order valence-electron chi connectivity index (χ2n) is 3.22. The molecule has 5 nitrogen and oxygen atoms in total. The molecule has 1 rings (SSSR count). The lowest BCUT2D eigenvalue weighted by molar-refractivity contribution is 0.579. The van der Waals surface area contributed by atoms with Gasteiger partial charge in [0.15, 0.2) is 0 Å². The van der Waals surface area contributed by atoms with Crippen molar-refractivity contribution in [2.45, 2.75) is 4.90 Å². The fourth-order valence-corrected chi connectivity index (χ4v) is 3.31. The normalized spacial score (nSPS) is 12.6. The number of sulfonamides is 1. The zero-order chi connectivity index (χ0) is 14.0. The number of benzene rings is 1. The van der Waals surface area contributed by atoms with E-state index < -0.39 is 42.1 Å². The SMILES string of the molecule is O=S(=O)(Cl)CCNS(=O)(=O)c1cc(F)ccc1Cl. The maximum Gasteiger partial charge on any atom is 0.242 e. The van der Waals surface area contributed by atoms with E-state index in [1.807, 2.05) is 4.72 Å². The van der Waals surface area contributed by atoms with Crippen LogP contribution in [-0.4, -0.2) is 29.1 Å². The summed E-state index contributed by atoms with van der Waals surface area (Å²) >= 11 is 5.62. The minimum absolute atomic E-state index is 0.169. The van der Waals surface area contributed by atoms with E-state index in [0.29, 0.717) is 0 Å². The average Bonchev–Trinajstić information content (AvgIpc) is 2.19. The van der Waals surface area contributed by atoms with Crippen molar-refractivity contribution in [1.29, 1.82) is 0 Å². The molecule has 0 aromatic heterocycles. The molecule has 0 aliphatic rings. The van der Waals surface area contributed by atoms with E-state index in [1.165, 1.54) is 0 Å². The highest BCUT2D eigenvalue weighted by Crippen LogP contribution is 2.21. The van der Waals surface area contributed by atoms with Gasteiger partial charge in [0.05, 0.1) is 10.8 Å². The lowest BCUT2D eigenvalue weighted by Crippen LogP contribution is -2.28. The highest BCUT2D eigenvalue weighted by atomic mass is 35.7. The highest BCUT2D eigenvalue weighted by Gasteiger charge is 2.19. The van der Waals surface area contributed by atoms with Crippen molar-refractivity contribution in [2.24, 2.45) is 0 Å². The fourth-order valence-electron chi connectivity index (χ4n) is 1.06. The van der Waals surface area contributed by atoms with Gasteiger partial charge in [0.1, 0.15) is 10.7 Å². The van der Waals surface area contributed by atoms with Crippen molar-refractivity contribution in [2.75, 3.05) is 12.3 Å². The van der Waals surface area contributed by atoms with E-state index in [9.17, 15) is 21.2 Å². The molecule has 1 aromatic rings. The van der Waals surface area contributed by atoms with Crippen LogP contribution in [0.15, 0.2) is 23.1 Å². The van der Waals surface area contributed by atoms with Crippen molar-refractivity contribution in [3.05, 3.63) is 29.0 Å². The van der Waals surface area contributed by atoms with Gasteiger partial charge in [0.2, 0.25) is 19.1 Å². The Morgan fingerprint density at radius 2 is 1.83 bits per heavy atom.